The number of nitriles is 1. The van der Waals surface area contributed by atoms with Gasteiger partial charge in [-0.2, -0.15) is 5.26 Å². The zero-order valence-corrected chi connectivity index (χ0v) is 9.70. The Morgan fingerprint density at radius 3 is 2.50 bits per heavy atom. The first-order valence-corrected chi connectivity index (χ1v) is 4.84. The second-order valence-corrected chi connectivity index (χ2v) is 3.98. The van der Waals surface area contributed by atoms with E-state index in [0.717, 1.165) is 0 Å². The minimum absolute atomic E-state index is 0.0331. The summed E-state index contributed by atoms with van der Waals surface area (Å²) < 4.78 is 9.53. The molecule has 1 amide bonds. The van der Waals surface area contributed by atoms with E-state index in [1.54, 1.807) is 20.8 Å². The molecule has 0 aliphatic heterocycles. The number of ether oxygens (including phenoxy) is 2. The van der Waals surface area contributed by atoms with E-state index in [9.17, 15) is 9.59 Å². The molecule has 6 heteroatoms. The Labute approximate surface area is 94.5 Å². The van der Waals surface area contributed by atoms with Gasteiger partial charge in [0.15, 0.2) is 0 Å². The molecular weight excluding hydrogens is 212 g/mol. The molecule has 0 bridgehead atoms. The van der Waals surface area contributed by atoms with Crippen molar-refractivity contribution in [3.05, 3.63) is 0 Å². The smallest absolute Gasteiger partial charge is 0.408 e. The summed E-state index contributed by atoms with van der Waals surface area (Å²) in [5.74, 6) is -0.596. The topological polar surface area (TPSA) is 88.4 Å². The third-order valence-corrected chi connectivity index (χ3v) is 1.25. The summed E-state index contributed by atoms with van der Waals surface area (Å²) in [4.78, 5) is 22.1. The van der Waals surface area contributed by atoms with Crippen LogP contribution in [0.4, 0.5) is 4.79 Å². The van der Waals surface area contributed by atoms with Crippen molar-refractivity contribution >= 4 is 12.1 Å². The van der Waals surface area contributed by atoms with Crippen molar-refractivity contribution in [2.45, 2.75) is 32.8 Å². The van der Waals surface area contributed by atoms with Crippen LogP contribution in [0.25, 0.3) is 0 Å². The van der Waals surface area contributed by atoms with Crippen molar-refractivity contribution in [1.82, 2.24) is 5.32 Å². The lowest BCUT2D eigenvalue weighted by Gasteiger charge is -2.19. The van der Waals surface area contributed by atoms with Crippen molar-refractivity contribution < 1.29 is 19.1 Å². The van der Waals surface area contributed by atoms with Gasteiger partial charge in [0, 0.05) is 0 Å². The molecule has 0 aromatic rings. The number of nitrogens with one attached hydrogen (secondary N) is 1. The molecule has 0 aromatic heterocycles. The molecule has 0 radical (unpaired) electrons. The number of rotatable bonds is 4. The fraction of sp³-hybridized carbons (Fsp3) is 0.700. The Morgan fingerprint density at radius 1 is 1.38 bits per heavy atom. The van der Waals surface area contributed by atoms with Gasteiger partial charge in [-0.05, 0) is 20.8 Å². The Hall–Kier alpha value is -1.77. The maximum absolute atomic E-state index is 11.1. The standard InChI is InChI=1S/C10H16N2O4/c1-10(2,3)16-9(14)12-7-8(13)15-6-4-5-11/h4,6-7H2,1-3H3,(H,12,14). The van der Waals surface area contributed by atoms with E-state index in [1.807, 2.05) is 6.07 Å². The molecule has 16 heavy (non-hydrogen) atoms. The summed E-state index contributed by atoms with van der Waals surface area (Å²) in [5.41, 5.74) is -0.602. The first-order chi connectivity index (χ1) is 7.35. The number of alkyl carbamates (subject to hydrolysis) is 1. The van der Waals surface area contributed by atoms with Gasteiger partial charge in [0.1, 0.15) is 18.8 Å². The van der Waals surface area contributed by atoms with Crippen LogP contribution in [0.2, 0.25) is 0 Å². The van der Waals surface area contributed by atoms with Crippen molar-refractivity contribution in [2.75, 3.05) is 13.2 Å². The molecule has 0 aliphatic rings. The molecule has 0 aliphatic carbocycles. The lowest BCUT2D eigenvalue weighted by Crippen LogP contribution is -2.36. The van der Waals surface area contributed by atoms with Gasteiger partial charge in [0.05, 0.1) is 12.5 Å². The monoisotopic (exact) mass is 228 g/mol. The molecule has 0 rings (SSSR count). The van der Waals surface area contributed by atoms with Gasteiger partial charge in [-0.25, -0.2) is 4.79 Å². The number of carbonyl (C=O) groups excluding carboxylic acids is 2. The van der Waals surface area contributed by atoms with Gasteiger partial charge in [0.2, 0.25) is 0 Å². The summed E-state index contributed by atoms with van der Waals surface area (Å²) in [6, 6.07) is 1.83. The second-order valence-electron chi connectivity index (χ2n) is 3.98. The van der Waals surface area contributed by atoms with Gasteiger partial charge in [-0.15, -0.1) is 0 Å². The highest BCUT2D eigenvalue weighted by Gasteiger charge is 2.16. The maximum Gasteiger partial charge on any atom is 0.408 e. The number of amides is 1. The average molecular weight is 228 g/mol. The van der Waals surface area contributed by atoms with Crippen LogP contribution in [0.15, 0.2) is 0 Å². The van der Waals surface area contributed by atoms with Gasteiger partial charge in [-0.1, -0.05) is 0 Å². The van der Waals surface area contributed by atoms with E-state index in [0.29, 0.717) is 0 Å². The normalized spacial score (nSPS) is 10.1. The van der Waals surface area contributed by atoms with Crippen LogP contribution in [0.5, 0.6) is 0 Å². The highest BCUT2D eigenvalue weighted by atomic mass is 16.6. The molecule has 0 saturated carbocycles. The van der Waals surface area contributed by atoms with Crippen molar-refractivity contribution in [3.8, 4) is 6.07 Å². The van der Waals surface area contributed by atoms with E-state index < -0.39 is 17.7 Å². The van der Waals surface area contributed by atoms with Crippen LogP contribution >= 0.6 is 0 Å². The van der Waals surface area contributed by atoms with Crippen LogP contribution in [-0.2, 0) is 14.3 Å². The Kier molecular flexibility index (Phi) is 5.93. The maximum atomic E-state index is 11.1. The minimum atomic E-state index is -0.676. The zero-order valence-electron chi connectivity index (χ0n) is 9.70. The Morgan fingerprint density at radius 2 is 2.00 bits per heavy atom. The molecule has 0 aromatic carbocycles. The van der Waals surface area contributed by atoms with E-state index >= 15 is 0 Å². The van der Waals surface area contributed by atoms with E-state index in [2.05, 4.69) is 10.1 Å². The molecule has 1 N–H and O–H groups in total. The molecule has 0 atom stereocenters. The SMILES string of the molecule is CC(C)(C)OC(=O)NCC(=O)OCCC#N. The summed E-state index contributed by atoms with van der Waals surface area (Å²) in [7, 11) is 0. The van der Waals surface area contributed by atoms with Crippen LogP contribution in [0, 0.1) is 11.3 Å². The van der Waals surface area contributed by atoms with Crippen molar-refractivity contribution in [1.29, 1.82) is 5.26 Å². The first-order valence-electron chi connectivity index (χ1n) is 4.84. The van der Waals surface area contributed by atoms with Crippen molar-refractivity contribution in [2.24, 2.45) is 0 Å². The lowest BCUT2D eigenvalue weighted by atomic mass is 10.2. The molecule has 0 heterocycles. The Balaban J connectivity index is 3.68. The summed E-state index contributed by atoms with van der Waals surface area (Å²) in [5, 5.41) is 10.4. The van der Waals surface area contributed by atoms with Crippen LogP contribution in [-0.4, -0.2) is 30.8 Å². The summed E-state index contributed by atoms with van der Waals surface area (Å²) in [6.45, 7) is 4.93. The number of hydrogen-bond donors (Lipinski definition) is 1. The molecule has 0 unspecified atom stereocenters. The molecular formula is C10H16N2O4. The lowest BCUT2D eigenvalue weighted by molar-refractivity contribution is -0.142. The Bertz CT molecular complexity index is 288. The van der Waals surface area contributed by atoms with Crippen LogP contribution in [0.1, 0.15) is 27.2 Å². The highest BCUT2D eigenvalue weighted by molar-refractivity contribution is 5.77. The van der Waals surface area contributed by atoms with Gasteiger partial charge < -0.3 is 14.8 Å². The zero-order chi connectivity index (χ0) is 12.6. The summed E-state index contributed by atoms with van der Waals surface area (Å²) >= 11 is 0. The quantitative estimate of drug-likeness (QED) is 0.572. The molecule has 6 nitrogen and oxygen atoms in total. The fourth-order valence-corrected chi connectivity index (χ4v) is 0.720. The molecule has 90 valence electrons. The van der Waals surface area contributed by atoms with Crippen LogP contribution in [0.3, 0.4) is 0 Å². The predicted molar refractivity (Wildman–Crippen MR) is 55.4 cm³/mol. The largest absolute Gasteiger partial charge is 0.463 e. The fourth-order valence-electron chi connectivity index (χ4n) is 0.720. The first kappa shape index (κ1) is 14.2. The third-order valence-electron chi connectivity index (χ3n) is 1.25. The van der Waals surface area contributed by atoms with E-state index in [1.165, 1.54) is 0 Å². The third kappa shape index (κ3) is 8.81. The van der Waals surface area contributed by atoms with Gasteiger partial charge in [0.25, 0.3) is 0 Å². The number of esters is 1. The second kappa shape index (κ2) is 6.67. The van der Waals surface area contributed by atoms with Gasteiger partial charge >= 0.3 is 12.1 Å². The van der Waals surface area contributed by atoms with Gasteiger partial charge in [-0.3, -0.25) is 4.79 Å². The molecule has 0 fully saturated rings. The molecule has 0 saturated heterocycles. The van der Waals surface area contributed by atoms with E-state index in [-0.39, 0.29) is 19.6 Å². The van der Waals surface area contributed by atoms with Crippen molar-refractivity contribution in [3.63, 3.8) is 0 Å². The van der Waals surface area contributed by atoms with Crippen LogP contribution < -0.4 is 5.32 Å². The number of carbonyl (C=O) groups is 2. The van der Waals surface area contributed by atoms with E-state index in [4.69, 9.17) is 10.00 Å². The highest BCUT2D eigenvalue weighted by Crippen LogP contribution is 2.06. The number of nitrogens with zero attached hydrogens (tertiary/aromatic N) is 1. The molecule has 0 spiro atoms. The summed E-state index contributed by atoms with van der Waals surface area (Å²) in [6.07, 6.45) is -0.539. The minimum Gasteiger partial charge on any atom is -0.463 e. The number of hydrogen-bond acceptors (Lipinski definition) is 5. The predicted octanol–water partition coefficient (Wildman–Crippen LogP) is 0.968. The average Bonchev–Trinajstić information content (AvgIpc) is 2.12.